The molecule has 1 aromatic rings. The van der Waals surface area contributed by atoms with E-state index >= 15 is 0 Å². The SMILES string of the molecule is O=C(c1ccc(I)cc1)N1CCCCC1CCl. The molecule has 2 rings (SSSR count). The first-order chi connectivity index (χ1) is 8.22. The molecular weight excluding hydrogens is 349 g/mol. The van der Waals surface area contributed by atoms with Crippen molar-refractivity contribution in [2.75, 3.05) is 12.4 Å². The molecule has 92 valence electrons. The van der Waals surface area contributed by atoms with Crippen LogP contribution in [0.15, 0.2) is 24.3 Å². The molecule has 4 heteroatoms. The number of carbonyl (C=O) groups excluding carboxylic acids is 1. The van der Waals surface area contributed by atoms with E-state index in [-0.39, 0.29) is 11.9 Å². The Morgan fingerprint density at radius 3 is 2.71 bits per heavy atom. The highest BCUT2D eigenvalue weighted by Gasteiger charge is 2.26. The highest BCUT2D eigenvalue weighted by atomic mass is 127. The van der Waals surface area contributed by atoms with Crippen LogP contribution in [0.2, 0.25) is 0 Å². The Balaban J connectivity index is 2.15. The average molecular weight is 364 g/mol. The van der Waals surface area contributed by atoms with E-state index < -0.39 is 0 Å². The topological polar surface area (TPSA) is 20.3 Å². The minimum absolute atomic E-state index is 0.117. The Labute approximate surface area is 120 Å². The van der Waals surface area contributed by atoms with Gasteiger partial charge in [0, 0.05) is 27.6 Å². The van der Waals surface area contributed by atoms with Gasteiger partial charge in [0.2, 0.25) is 0 Å². The van der Waals surface area contributed by atoms with Crippen LogP contribution in [-0.4, -0.2) is 29.3 Å². The van der Waals surface area contributed by atoms with Crippen molar-refractivity contribution in [2.45, 2.75) is 25.3 Å². The molecule has 1 amide bonds. The fraction of sp³-hybridized carbons (Fsp3) is 0.462. The second kappa shape index (κ2) is 6.05. The van der Waals surface area contributed by atoms with Crippen LogP contribution >= 0.6 is 34.2 Å². The fourth-order valence-electron chi connectivity index (χ4n) is 2.19. The first kappa shape index (κ1) is 13.1. The van der Waals surface area contributed by atoms with Gasteiger partial charge in [-0.25, -0.2) is 0 Å². The van der Waals surface area contributed by atoms with Gasteiger partial charge in [-0.2, -0.15) is 0 Å². The van der Waals surface area contributed by atoms with Crippen molar-refractivity contribution in [3.63, 3.8) is 0 Å². The van der Waals surface area contributed by atoms with Gasteiger partial charge >= 0.3 is 0 Å². The Bertz CT molecular complexity index is 393. The van der Waals surface area contributed by atoms with Gasteiger partial charge in [-0.05, 0) is 66.1 Å². The van der Waals surface area contributed by atoms with Gasteiger partial charge < -0.3 is 4.90 Å². The molecule has 1 atom stereocenters. The van der Waals surface area contributed by atoms with Crippen LogP contribution < -0.4 is 0 Å². The zero-order chi connectivity index (χ0) is 12.3. The smallest absolute Gasteiger partial charge is 0.254 e. The number of piperidine rings is 1. The standard InChI is InChI=1S/C13H15ClINO/c14-9-12-3-1-2-8-16(12)13(17)10-4-6-11(15)7-5-10/h4-7,12H,1-3,8-9H2. The predicted octanol–water partition coefficient (Wildman–Crippen LogP) is 3.52. The minimum atomic E-state index is 0.117. The molecule has 0 saturated carbocycles. The van der Waals surface area contributed by atoms with Crippen LogP contribution in [0.1, 0.15) is 29.6 Å². The molecule has 0 radical (unpaired) electrons. The Kier molecular flexibility index (Phi) is 4.68. The van der Waals surface area contributed by atoms with Gasteiger partial charge in [0.25, 0.3) is 5.91 Å². The van der Waals surface area contributed by atoms with Crippen molar-refractivity contribution >= 4 is 40.1 Å². The summed E-state index contributed by atoms with van der Waals surface area (Å²) >= 11 is 8.18. The second-order valence-electron chi connectivity index (χ2n) is 4.31. The average Bonchev–Trinajstić information content (AvgIpc) is 2.39. The van der Waals surface area contributed by atoms with Crippen LogP contribution in [-0.2, 0) is 0 Å². The molecule has 0 aliphatic carbocycles. The van der Waals surface area contributed by atoms with E-state index in [0.29, 0.717) is 5.88 Å². The van der Waals surface area contributed by atoms with Crippen molar-refractivity contribution < 1.29 is 4.79 Å². The molecule has 0 N–H and O–H groups in total. The molecule has 1 fully saturated rings. The van der Waals surface area contributed by atoms with E-state index in [1.54, 1.807) is 0 Å². The maximum absolute atomic E-state index is 12.3. The molecular formula is C13H15ClINO. The van der Waals surface area contributed by atoms with Gasteiger partial charge in [-0.3, -0.25) is 4.79 Å². The highest BCUT2D eigenvalue weighted by molar-refractivity contribution is 14.1. The number of likely N-dealkylation sites (tertiary alicyclic amines) is 1. The second-order valence-corrected chi connectivity index (χ2v) is 5.86. The number of carbonyl (C=O) groups is 1. The molecule has 2 nitrogen and oxygen atoms in total. The lowest BCUT2D eigenvalue weighted by molar-refractivity contribution is 0.0639. The number of halogens is 2. The maximum atomic E-state index is 12.3. The quantitative estimate of drug-likeness (QED) is 0.581. The van der Waals surface area contributed by atoms with E-state index in [1.165, 1.54) is 6.42 Å². The monoisotopic (exact) mass is 363 g/mol. The summed E-state index contributed by atoms with van der Waals surface area (Å²) in [5.74, 6) is 0.655. The van der Waals surface area contributed by atoms with Crippen molar-refractivity contribution in [1.82, 2.24) is 4.90 Å². The largest absolute Gasteiger partial charge is 0.334 e. The third kappa shape index (κ3) is 3.13. The lowest BCUT2D eigenvalue weighted by atomic mass is 10.0. The van der Waals surface area contributed by atoms with Crippen LogP contribution in [0.3, 0.4) is 0 Å². The number of benzene rings is 1. The normalized spacial score (nSPS) is 20.4. The fourth-order valence-corrected chi connectivity index (χ4v) is 2.87. The van der Waals surface area contributed by atoms with E-state index in [9.17, 15) is 4.79 Å². The van der Waals surface area contributed by atoms with Gasteiger partial charge in [0.05, 0.1) is 0 Å². The summed E-state index contributed by atoms with van der Waals surface area (Å²) in [6.07, 6.45) is 3.29. The van der Waals surface area contributed by atoms with Crippen LogP contribution in [0.4, 0.5) is 0 Å². The molecule has 0 aromatic heterocycles. The maximum Gasteiger partial charge on any atom is 0.254 e. The molecule has 17 heavy (non-hydrogen) atoms. The molecule has 1 aliphatic rings. The summed E-state index contributed by atoms with van der Waals surface area (Å²) in [4.78, 5) is 14.3. The molecule has 0 bridgehead atoms. The lowest BCUT2D eigenvalue weighted by Gasteiger charge is -2.34. The van der Waals surface area contributed by atoms with Crippen molar-refractivity contribution in [3.05, 3.63) is 33.4 Å². The van der Waals surface area contributed by atoms with E-state index in [2.05, 4.69) is 22.6 Å². The van der Waals surface area contributed by atoms with Crippen LogP contribution in [0.25, 0.3) is 0 Å². The summed E-state index contributed by atoms with van der Waals surface area (Å²) < 4.78 is 1.15. The third-order valence-corrected chi connectivity index (χ3v) is 4.23. The van der Waals surface area contributed by atoms with Gasteiger partial charge in [0.1, 0.15) is 0 Å². The number of amides is 1. The lowest BCUT2D eigenvalue weighted by Crippen LogP contribution is -2.44. The van der Waals surface area contributed by atoms with Gasteiger partial charge in [-0.15, -0.1) is 11.6 Å². The number of alkyl halides is 1. The number of hydrogen-bond acceptors (Lipinski definition) is 1. The first-order valence-electron chi connectivity index (χ1n) is 5.85. The number of hydrogen-bond donors (Lipinski definition) is 0. The summed E-state index contributed by atoms with van der Waals surface area (Å²) in [5.41, 5.74) is 0.766. The Hall–Kier alpha value is -0.290. The van der Waals surface area contributed by atoms with Crippen molar-refractivity contribution in [3.8, 4) is 0 Å². The van der Waals surface area contributed by atoms with E-state index in [4.69, 9.17) is 11.6 Å². The molecule has 1 saturated heterocycles. The Morgan fingerprint density at radius 1 is 1.35 bits per heavy atom. The molecule has 1 aromatic carbocycles. The van der Waals surface area contributed by atoms with Gasteiger partial charge in [-0.1, -0.05) is 0 Å². The number of nitrogens with zero attached hydrogens (tertiary/aromatic N) is 1. The molecule has 1 aliphatic heterocycles. The summed E-state index contributed by atoms with van der Waals surface area (Å²) in [7, 11) is 0. The zero-order valence-corrected chi connectivity index (χ0v) is 12.4. The van der Waals surface area contributed by atoms with Gasteiger partial charge in [0.15, 0.2) is 0 Å². The van der Waals surface area contributed by atoms with E-state index in [0.717, 1.165) is 28.5 Å². The van der Waals surface area contributed by atoms with Crippen molar-refractivity contribution in [2.24, 2.45) is 0 Å². The summed E-state index contributed by atoms with van der Waals surface area (Å²) in [6, 6.07) is 7.92. The predicted molar refractivity (Wildman–Crippen MR) is 78.6 cm³/mol. The molecule has 0 spiro atoms. The highest BCUT2D eigenvalue weighted by Crippen LogP contribution is 2.21. The summed E-state index contributed by atoms with van der Waals surface area (Å²) in [6.45, 7) is 0.836. The third-order valence-electron chi connectivity index (χ3n) is 3.16. The first-order valence-corrected chi connectivity index (χ1v) is 7.46. The molecule has 1 heterocycles. The minimum Gasteiger partial charge on any atom is -0.334 e. The zero-order valence-electron chi connectivity index (χ0n) is 9.53. The number of rotatable bonds is 2. The van der Waals surface area contributed by atoms with Crippen LogP contribution in [0, 0.1) is 3.57 Å². The molecule has 1 unspecified atom stereocenters. The van der Waals surface area contributed by atoms with Crippen LogP contribution in [0.5, 0.6) is 0 Å². The summed E-state index contributed by atoms with van der Waals surface area (Å²) in [5, 5.41) is 0. The van der Waals surface area contributed by atoms with E-state index in [1.807, 2.05) is 29.2 Å². The Morgan fingerprint density at radius 2 is 2.06 bits per heavy atom. The van der Waals surface area contributed by atoms with Crippen molar-refractivity contribution in [1.29, 1.82) is 0 Å².